The Morgan fingerprint density at radius 3 is 2.65 bits per heavy atom. The number of hydrogen-bond acceptors (Lipinski definition) is 3. The van der Waals surface area contributed by atoms with E-state index in [1.807, 2.05) is 12.3 Å². The molecule has 0 aliphatic carbocycles. The van der Waals surface area contributed by atoms with Gasteiger partial charge in [0.25, 0.3) is 0 Å². The zero-order valence-electron chi connectivity index (χ0n) is 12.4. The van der Waals surface area contributed by atoms with Crippen molar-refractivity contribution in [3.63, 3.8) is 0 Å². The third-order valence-electron chi connectivity index (χ3n) is 3.42. The van der Waals surface area contributed by atoms with Crippen molar-refractivity contribution in [3.8, 4) is 0 Å². The smallest absolute Gasteiger partial charge is 0.0884 e. The molecule has 20 heavy (non-hydrogen) atoms. The van der Waals surface area contributed by atoms with Gasteiger partial charge in [-0.25, -0.2) is 5.43 Å². The van der Waals surface area contributed by atoms with Crippen LogP contribution in [0.5, 0.6) is 0 Å². The van der Waals surface area contributed by atoms with Crippen LogP contribution in [0.25, 0.3) is 0 Å². The molecule has 0 aliphatic rings. The fourth-order valence-corrected chi connectivity index (χ4v) is 2.50. The standard InChI is InChI=1S/C17H23N3/c1-12(2)10-14-7-4-8-15(11-14)17(20-18)16-13(3)6-5-9-19-16/h4-9,11-12,17,20H,10,18H2,1-3H3. The summed E-state index contributed by atoms with van der Waals surface area (Å²) in [6.45, 7) is 6.52. The Balaban J connectivity index is 2.35. The van der Waals surface area contributed by atoms with Gasteiger partial charge in [-0.15, -0.1) is 0 Å². The van der Waals surface area contributed by atoms with Gasteiger partial charge in [-0.3, -0.25) is 10.8 Å². The molecule has 106 valence electrons. The van der Waals surface area contributed by atoms with Crippen molar-refractivity contribution in [2.24, 2.45) is 11.8 Å². The number of nitrogens with zero attached hydrogens (tertiary/aromatic N) is 1. The van der Waals surface area contributed by atoms with E-state index in [1.54, 1.807) is 0 Å². The molecular formula is C17H23N3. The highest BCUT2D eigenvalue weighted by molar-refractivity contribution is 5.34. The lowest BCUT2D eigenvalue weighted by atomic mass is 9.95. The highest BCUT2D eigenvalue weighted by Gasteiger charge is 2.16. The minimum absolute atomic E-state index is 0.0664. The van der Waals surface area contributed by atoms with E-state index >= 15 is 0 Å². The van der Waals surface area contributed by atoms with E-state index in [4.69, 9.17) is 5.84 Å². The van der Waals surface area contributed by atoms with Crippen LogP contribution >= 0.6 is 0 Å². The van der Waals surface area contributed by atoms with Crippen LogP contribution in [0.1, 0.15) is 42.3 Å². The second kappa shape index (κ2) is 6.64. The van der Waals surface area contributed by atoms with E-state index in [0.29, 0.717) is 5.92 Å². The van der Waals surface area contributed by atoms with Gasteiger partial charge in [0.1, 0.15) is 0 Å². The molecule has 0 fully saturated rings. The molecule has 0 spiro atoms. The molecule has 3 heteroatoms. The molecule has 2 aromatic rings. The first kappa shape index (κ1) is 14.7. The quantitative estimate of drug-likeness (QED) is 0.647. The van der Waals surface area contributed by atoms with Crippen LogP contribution in [-0.2, 0) is 6.42 Å². The minimum Gasteiger partial charge on any atom is -0.271 e. The summed E-state index contributed by atoms with van der Waals surface area (Å²) in [4.78, 5) is 4.47. The van der Waals surface area contributed by atoms with Gasteiger partial charge >= 0.3 is 0 Å². The number of nitrogens with one attached hydrogen (secondary N) is 1. The van der Waals surface area contributed by atoms with Crippen LogP contribution in [0.15, 0.2) is 42.6 Å². The molecule has 0 radical (unpaired) electrons. The van der Waals surface area contributed by atoms with Crippen molar-refractivity contribution in [1.82, 2.24) is 10.4 Å². The van der Waals surface area contributed by atoms with Gasteiger partial charge in [0.15, 0.2) is 0 Å². The molecule has 1 aromatic carbocycles. The SMILES string of the molecule is Cc1cccnc1C(NN)c1cccc(CC(C)C)c1. The molecule has 1 heterocycles. The summed E-state index contributed by atoms with van der Waals surface area (Å²) >= 11 is 0. The summed E-state index contributed by atoms with van der Waals surface area (Å²) in [6, 6.07) is 12.5. The van der Waals surface area contributed by atoms with Crippen molar-refractivity contribution >= 4 is 0 Å². The number of rotatable bonds is 5. The molecule has 2 rings (SSSR count). The maximum atomic E-state index is 5.77. The Labute approximate surface area is 121 Å². The first-order chi connectivity index (χ1) is 9.61. The summed E-state index contributed by atoms with van der Waals surface area (Å²) in [6.07, 6.45) is 2.89. The Kier molecular flexibility index (Phi) is 4.88. The zero-order valence-corrected chi connectivity index (χ0v) is 12.4. The predicted octanol–water partition coefficient (Wildman–Crippen LogP) is 3.14. The van der Waals surface area contributed by atoms with E-state index in [9.17, 15) is 0 Å². The van der Waals surface area contributed by atoms with Crippen LogP contribution in [0.2, 0.25) is 0 Å². The maximum Gasteiger partial charge on any atom is 0.0884 e. The number of aromatic nitrogens is 1. The van der Waals surface area contributed by atoms with Crippen molar-refractivity contribution in [2.45, 2.75) is 33.2 Å². The second-order valence-corrected chi connectivity index (χ2v) is 5.65. The Morgan fingerprint density at radius 1 is 1.20 bits per heavy atom. The highest BCUT2D eigenvalue weighted by atomic mass is 15.2. The Hall–Kier alpha value is -1.71. The molecule has 1 unspecified atom stereocenters. The summed E-state index contributed by atoms with van der Waals surface area (Å²) in [5, 5.41) is 0. The van der Waals surface area contributed by atoms with E-state index in [2.05, 4.69) is 61.5 Å². The lowest BCUT2D eigenvalue weighted by Gasteiger charge is -2.19. The van der Waals surface area contributed by atoms with Crippen molar-refractivity contribution in [2.75, 3.05) is 0 Å². The number of hydrazine groups is 1. The summed E-state index contributed by atoms with van der Waals surface area (Å²) in [5.74, 6) is 6.41. The first-order valence-corrected chi connectivity index (χ1v) is 7.08. The summed E-state index contributed by atoms with van der Waals surface area (Å²) in [5.41, 5.74) is 7.52. The number of nitrogens with two attached hydrogens (primary N) is 1. The minimum atomic E-state index is -0.0664. The Bertz CT molecular complexity index is 564. The Morgan fingerprint density at radius 2 is 2.00 bits per heavy atom. The van der Waals surface area contributed by atoms with Crippen LogP contribution < -0.4 is 11.3 Å². The first-order valence-electron chi connectivity index (χ1n) is 7.08. The molecule has 0 saturated heterocycles. The largest absolute Gasteiger partial charge is 0.271 e. The topological polar surface area (TPSA) is 50.9 Å². The molecule has 0 saturated carbocycles. The average Bonchev–Trinajstić information content (AvgIpc) is 2.41. The lowest BCUT2D eigenvalue weighted by Crippen LogP contribution is -2.30. The van der Waals surface area contributed by atoms with Gasteiger partial charge in [-0.2, -0.15) is 0 Å². The van der Waals surface area contributed by atoms with Crippen molar-refractivity contribution in [3.05, 3.63) is 65.0 Å². The second-order valence-electron chi connectivity index (χ2n) is 5.65. The average molecular weight is 269 g/mol. The molecule has 1 aromatic heterocycles. The summed E-state index contributed by atoms with van der Waals surface area (Å²) in [7, 11) is 0. The van der Waals surface area contributed by atoms with E-state index < -0.39 is 0 Å². The molecule has 1 atom stereocenters. The number of benzene rings is 1. The lowest BCUT2D eigenvalue weighted by molar-refractivity contribution is 0.612. The van der Waals surface area contributed by atoms with Crippen molar-refractivity contribution in [1.29, 1.82) is 0 Å². The van der Waals surface area contributed by atoms with Gasteiger partial charge in [-0.05, 0) is 42.0 Å². The fraction of sp³-hybridized carbons (Fsp3) is 0.353. The van der Waals surface area contributed by atoms with Crippen LogP contribution in [0, 0.1) is 12.8 Å². The highest BCUT2D eigenvalue weighted by Crippen LogP contribution is 2.23. The molecule has 3 nitrogen and oxygen atoms in total. The molecule has 0 bridgehead atoms. The number of hydrogen-bond donors (Lipinski definition) is 2. The summed E-state index contributed by atoms with van der Waals surface area (Å²) < 4.78 is 0. The van der Waals surface area contributed by atoms with E-state index in [-0.39, 0.29) is 6.04 Å². The van der Waals surface area contributed by atoms with Crippen LogP contribution in [0.4, 0.5) is 0 Å². The van der Waals surface area contributed by atoms with Gasteiger partial charge in [-0.1, -0.05) is 44.2 Å². The maximum absolute atomic E-state index is 5.77. The van der Waals surface area contributed by atoms with Crippen LogP contribution in [-0.4, -0.2) is 4.98 Å². The fourth-order valence-electron chi connectivity index (χ4n) is 2.50. The third-order valence-corrected chi connectivity index (χ3v) is 3.42. The van der Waals surface area contributed by atoms with Crippen LogP contribution in [0.3, 0.4) is 0 Å². The van der Waals surface area contributed by atoms with Gasteiger partial charge < -0.3 is 0 Å². The molecule has 0 aliphatic heterocycles. The third kappa shape index (κ3) is 3.44. The predicted molar refractivity (Wildman–Crippen MR) is 83.1 cm³/mol. The van der Waals surface area contributed by atoms with Gasteiger partial charge in [0.2, 0.25) is 0 Å². The van der Waals surface area contributed by atoms with Gasteiger partial charge in [0, 0.05) is 6.20 Å². The monoisotopic (exact) mass is 269 g/mol. The zero-order chi connectivity index (χ0) is 14.5. The van der Waals surface area contributed by atoms with Crippen molar-refractivity contribution < 1.29 is 0 Å². The van der Waals surface area contributed by atoms with E-state index in [0.717, 1.165) is 23.2 Å². The number of pyridine rings is 1. The molecule has 0 amide bonds. The van der Waals surface area contributed by atoms with E-state index in [1.165, 1.54) is 5.56 Å². The molecular weight excluding hydrogens is 246 g/mol. The normalized spacial score (nSPS) is 12.7. The number of aryl methyl sites for hydroxylation is 1. The molecule has 3 N–H and O–H groups in total. The van der Waals surface area contributed by atoms with Gasteiger partial charge in [0.05, 0.1) is 11.7 Å².